The molecule has 2 aliphatic heterocycles. The van der Waals surface area contributed by atoms with Gasteiger partial charge in [-0.3, -0.25) is 19.8 Å². The number of piperidine rings is 2. The molecule has 360 valence electrons. The Morgan fingerprint density at radius 2 is 1.29 bits per heavy atom. The first-order chi connectivity index (χ1) is 33.7. The van der Waals surface area contributed by atoms with Gasteiger partial charge in [0.25, 0.3) is 0 Å². The molecule has 6 aromatic rings. The molecule has 0 atom stereocenters. The van der Waals surface area contributed by atoms with Crippen molar-refractivity contribution in [1.82, 2.24) is 45.2 Å². The van der Waals surface area contributed by atoms with E-state index in [-0.39, 0.29) is 17.7 Å². The fourth-order valence-electron chi connectivity index (χ4n) is 8.71. The van der Waals surface area contributed by atoms with E-state index in [0.717, 1.165) is 140 Å². The summed E-state index contributed by atoms with van der Waals surface area (Å²) in [6.45, 7) is 9.82. The summed E-state index contributed by atoms with van der Waals surface area (Å²) in [6, 6.07) is 23.7. The second-order valence-corrected chi connectivity index (χ2v) is 21.0. The number of aromatic amines is 2. The maximum atomic E-state index is 13.1. The topological polar surface area (TPSA) is 210 Å². The SMILES string of the molecule is Cc1cc(Nc2cc(NCCN3CCC(CCC(=O)Nc4ccc(Sc5nc(Nc6cc(C7CC7)[nH]n6)cc(N6CCC(C)CC6)n5)cc4)CC3)nc(Sc3ccc(NC(=O)C4CC4)cc3)n2)n[nH]1. The number of rotatable bonds is 20. The summed E-state index contributed by atoms with van der Waals surface area (Å²) in [5, 5.41) is 32.6. The number of nitrogens with one attached hydrogen (secondary N) is 7. The number of hydrogen-bond donors (Lipinski definition) is 7. The molecule has 4 aromatic heterocycles. The zero-order valence-electron chi connectivity index (χ0n) is 39.3. The smallest absolute Gasteiger partial charge is 0.227 e. The summed E-state index contributed by atoms with van der Waals surface area (Å²) in [6.07, 6.45) is 10.2. The lowest BCUT2D eigenvalue weighted by atomic mass is 9.92. The molecule has 0 bridgehead atoms. The fourth-order valence-corrected chi connectivity index (χ4v) is 10.2. The molecule has 0 radical (unpaired) electrons. The quantitative estimate of drug-likeness (QED) is 0.0355. The molecule has 6 heterocycles. The molecule has 10 rings (SSSR count). The highest BCUT2D eigenvalue weighted by Gasteiger charge is 2.30. The van der Waals surface area contributed by atoms with Crippen LogP contribution in [0.25, 0.3) is 0 Å². The molecule has 69 heavy (non-hydrogen) atoms. The van der Waals surface area contributed by atoms with Crippen LogP contribution in [-0.2, 0) is 9.59 Å². The van der Waals surface area contributed by atoms with Gasteiger partial charge in [-0.05, 0) is 162 Å². The van der Waals surface area contributed by atoms with Crippen molar-refractivity contribution in [1.29, 1.82) is 0 Å². The Bertz CT molecular complexity index is 2690. The summed E-state index contributed by atoms with van der Waals surface area (Å²) >= 11 is 2.98. The Kier molecular flexibility index (Phi) is 14.6. The van der Waals surface area contributed by atoms with E-state index < -0.39 is 0 Å². The van der Waals surface area contributed by atoms with Crippen LogP contribution in [0.15, 0.2) is 92.9 Å². The maximum absolute atomic E-state index is 13.1. The van der Waals surface area contributed by atoms with Gasteiger partial charge in [0.05, 0.1) is 0 Å². The van der Waals surface area contributed by atoms with E-state index in [0.29, 0.717) is 40.2 Å². The van der Waals surface area contributed by atoms with Crippen molar-refractivity contribution < 1.29 is 9.59 Å². The minimum atomic E-state index is 0.0425. The molecular formula is C50H61N15O2S2. The van der Waals surface area contributed by atoms with Gasteiger partial charge >= 0.3 is 0 Å². The second-order valence-electron chi connectivity index (χ2n) is 19.0. The Morgan fingerprint density at radius 1 is 0.667 bits per heavy atom. The van der Waals surface area contributed by atoms with Crippen LogP contribution in [0, 0.1) is 24.7 Å². The van der Waals surface area contributed by atoms with Crippen LogP contribution >= 0.6 is 23.5 Å². The number of H-pyrrole nitrogens is 2. The normalized spacial score (nSPS) is 16.9. The average Bonchev–Trinajstić information content (AvgIpc) is 4.29. The molecular weight excluding hydrogens is 907 g/mol. The number of amides is 2. The molecule has 7 N–H and O–H groups in total. The van der Waals surface area contributed by atoms with Crippen molar-refractivity contribution in [2.45, 2.75) is 104 Å². The van der Waals surface area contributed by atoms with E-state index >= 15 is 0 Å². The standard InChI is InChI=1S/C50H61N15O2S2/c1-31-17-24-65(25-18-31)46-30-43(55-45-28-40(61-63-45)34-4-5-34)58-50(59-46)69-39-12-8-36(9-13-39)52-47(66)16-3-33-19-22-64(23-20-33)26-21-51-41-29-42(54-44-27-32(2)60-62-44)57-49(56-41)68-38-14-10-37(11-15-38)53-48(67)35-6-7-35/h8-15,27-31,33-35H,3-7,16-26H2,1-2H3,(H,52,66)(H,53,67)(H2,55,58,59,61,63)(H3,51,54,56,57,60,62). The van der Waals surface area contributed by atoms with Gasteiger partial charge in [0.15, 0.2) is 21.9 Å². The molecule has 4 fully saturated rings. The van der Waals surface area contributed by atoms with Crippen LogP contribution in [0.3, 0.4) is 0 Å². The highest BCUT2D eigenvalue weighted by molar-refractivity contribution is 7.99. The van der Waals surface area contributed by atoms with Crippen molar-refractivity contribution in [3.8, 4) is 0 Å². The summed E-state index contributed by atoms with van der Waals surface area (Å²) < 4.78 is 0. The Morgan fingerprint density at radius 3 is 1.94 bits per heavy atom. The van der Waals surface area contributed by atoms with E-state index in [1.807, 2.05) is 73.7 Å². The minimum absolute atomic E-state index is 0.0425. The van der Waals surface area contributed by atoms with Gasteiger partial charge in [-0.2, -0.15) is 10.2 Å². The molecule has 0 spiro atoms. The van der Waals surface area contributed by atoms with Crippen molar-refractivity contribution >= 4 is 81.6 Å². The highest BCUT2D eigenvalue weighted by atomic mass is 32.2. The average molecular weight is 968 g/mol. The van der Waals surface area contributed by atoms with Crippen molar-refractivity contribution in [2.75, 3.05) is 70.8 Å². The predicted molar refractivity (Wildman–Crippen MR) is 273 cm³/mol. The number of hydrogen-bond acceptors (Lipinski definition) is 15. The third-order valence-corrected chi connectivity index (χ3v) is 14.9. The third kappa shape index (κ3) is 13.3. The zero-order chi connectivity index (χ0) is 47.1. The number of anilines is 8. The van der Waals surface area contributed by atoms with Crippen LogP contribution < -0.4 is 31.5 Å². The van der Waals surface area contributed by atoms with Gasteiger partial charge < -0.3 is 36.4 Å². The van der Waals surface area contributed by atoms with Crippen LogP contribution in [0.4, 0.5) is 46.3 Å². The van der Waals surface area contributed by atoms with E-state index in [1.165, 1.54) is 42.1 Å². The van der Waals surface area contributed by atoms with E-state index in [1.54, 1.807) is 0 Å². The molecule has 4 aliphatic rings. The largest absolute Gasteiger partial charge is 0.369 e. The second kappa shape index (κ2) is 21.6. The van der Waals surface area contributed by atoms with Gasteiger partial charge in [0.1, 0.15) is 23.3 Å². The molecule has 19 heteroatoms. The van der Waals surface area contributed by atoms with E-state index in [9.17, 15) is 9.59 Å². The van der Waals surface area contributed by atoms with Gasteiger partial charge in [0, 0.05) is 101 Å². The zero-order valence-corrected chi connectivity index (χ0v) is 40.9. The summed E-state index contributed by atoms with van der Waals surface area (Å²) in [4.78, 5) is 51.6. The number of aromatic nitrogens is 8. The Hall–Kier alpha value is -6.18. The molecule has 17 nitrogen and oxygen atoms in total. The number of carbonyl (C=O) groups excluding carboxylic acids is 2. The lowest BCUT2D eigenvalue weighted by Gasteiger charge is -2.32. The number of likely N-dealkylation sites (tertiary alicyclic amines) is 1. The van der Waals surface area contributed by atoms with Crippen LogP contribution in [0.2, 0.25) is 0 Å². The summed E-state index contributed by atoms with van der Waals surface area (Å²) in [5.41, 5.74) is 3.70. The number of aryl methyl sites for hydroxylation is 1. The first-order valence-corrected chi connectivity index (χ1v) is 26.1. The monoisotopic (exact) mass is 967 g/mol. The Labute approximate surface area is 411 Å². The molecule has 2 saturated heterocycles. The van der Waals surface area contributed by atoms with Crippen LogP contribution in [0.5, 0.6) is 0 Å². The minimum Gasteiger partial charge on any atom is -0.369 e. The van der Waals surface area contributed by atoms with Crippen molar-refractivity contribution in [2.24, 2.45) is 17.8 Å². The third-order valence-electron chi connectivity index (χ3n) is 13.2. The number of nitrogens with zero attached hydrogens (tertiary/aromatic N) is 8. The van der Waals surface area contributed by atoms with Crippen LogP contribution in [0.1, 0.15) is 88.4 Å². The van der Waals surface area contributed by atoms with Gasteiger partial charge in [-0.15, -0.1) is 0 Å². The lowest BCUT2D eigenvalue weighted by molar-refractivity contribution is -0.117. The molecule has 2 saturated carbocycles. The molecule has 2 amide bonds. The first kappa shape index (κ1) is 46.5. The van der Waals surface area contributed by atoms with E-state index in [4.69, 9.17) is 19.9 Å². The van der Waals surface area contributed by atoms with Gasteiger partial charge in [-0.1, -0.05) is 6.92 Å². The van der Waals surface area contributed by atoms with E-state index in [2.05, 4.69) is 69.8 Å². The summed E-state index contributed by atoms with van der Waals surface area (Å²) in [7, 11) is 0. The van der Waals surface area contributed by atoms with Crippen molar-refractivity contribution in [3.63, 3.8) is 0 Å². The fraction of sp³-hybridized carbons (Fsp3) is 0.440. The first-order valence-electron chi connectivity index (χ1n) is 24.5. The molecule has 2 aliphatic carbocycles. The van der Waals surface area contributed by atoms with Crippen LogP contribution in [-0.4, -0.2) is 96.3 Å². The molecule has 0 unspecified atom stereocenters. The predicted octanol–water partition coefficient (Wildman–Crippen LogP) is 9.82. The molecule has 2 aromatic carbocycles. The van der Waals surface area contributed by atoms with Gasteiger partial charge in [0.2, 0.25) is 11.8 Å². The van der Waals surface area contributed by atoms with Gasteiger partial charge in [-0.25, -0.2) is 19.9 Å². The Balaban J connectivity index is 0.671. The number of benzene rings is 2. The van der Waals surface area contributed by atoms with Crippen molar-refractivity contribution in [3.05, 3.63) is 84.2 Å². The maximum Gasteiger partial charge on any atom is 0.227 e. The highest BCUT2D eigenvalue weighted by Crippen LogP contribution is 2.40. The number of carbonyl (C=O) groups is 2. The lowest BCUT2D eigenvalue weighted by Crippen LogP contribution is -2.37. The summed E-state index contributed by atoms with van der Waals surface area (Å²) in [5.74, 6) is 6.58.